The molecule has 0 aromatic carbocycles. The van der Waals surface area contributed by atoms with Gasteiger partial charge in [-0.2, -0.15) is 5.10 Å². The maximum Gasteiger partial charge on any atom is 0.410 e. The first-order valence-electron chi connectivity index (χ1n) is 6.97. The molecule has 0 saturated carbocycles. The minimum atomic E-state index is -0.464. The van der Waals surface area contributed by atoms with Crippen molar-refractivity contribution >= 4 is 6.09 Å². The molecular weight excluding hydrogens is 258 g/mol. The third-order valence-electron chi connectivity index (χ3n) is 3.01. The summed E-state index contributed by atoms with van der Waals surface area (Å²) in [6, 6.07) is 0. The second kappa shape index (κ2) is 5.73. The van der Waals surface area contributed by atoms with Gasteiger partial charge in [-0.05, 0) is 33.6 Å². The van der Waals surface area contributed by atoms with E-state index in [9.17, 15) is 4.79 Å². The fraction of sp³-hybridized carbons (Fsp3) is 0.714. The van der Waals surface area contributed by atoms with Gasteiger partial charge >= 0.3 is 6.09 Å². The fourth-order valence-corrected chi connectivity index (χ4v) is 2.18. The lowest BCUT2D eigenvalue weighted by Gasteiger charge is -2.33. The topological polar surface area (TPSA) is 56.6 Å². The average molecular weight is 281 g/mol. The van der Waals surface area contributed by atoms with E-state index in [2.05, 4.69) is 5.10 Å². The van der Waals surface area contributed by atoms with Gasteiger partial charge in [0.25, 0.3) is 0 Å². The number of aromatic nitrogens is 2. The van der Waals surface area contributed by atoms with Crippen LogP contribution in [-0.2, 0) is 11.8 Å². The Hall–Kier alpha value is -1.72. The van der Waals surface area contributed by atoms with E-state index in [4.69, 9.17) is 9.47 Å². The van der Waals surface area contributed by atoms with E-state index in [1.807, 2.05) is 34.0 Å². The molecule has 1 amide bonds. The van der Waals surface area contributed by atoms with Crippen molar-refractivity contribution in [3.05, 3.63) is 12.4 Å². The van der Waals surface area contributed by atoms with Gasteiger partial charge in [-0.3, -0.25) is 4.68 Å². The van der Waals surface area contributed by atoms with Crippen molar-refractivity contribution in [2.24, 2.45) is 7.05 Å². The van der Waals surface area contributed by atoms with Gasteiger partial charge in [0, 0.05) is 13.6 Å². The zero-order chi connectivity index (χ0) is 14.8. The lowest BCUT2D eigenvalue weighted by Crippen LogP contribution is -2.46. The number of aryl methyl sites for hydroxylation is 1. The van der Waals surface area contributed by atoms with E-state index >= 15 is 0 Å². The molecule has 6 nitrogen and oxygen atoms in total. The van der Waals surface area contributed by atoms with Crippen LogP contribution in [0.4, 0.5) is 4.79 Å². The predicted molar refractivity (Wildman–Crippen MR) is 74.7 cm³/mol. The Morgan fingerprint density at radius 1 is 1.45 bits per heavy atom. The molecule has 20 heavy (non-hydrogen) atoms. The summed E-state index contributed by atoms with van der Waals surface area (Å²) < 4.78 is 12.9. The molecule has 0 aliphatic carbocycles. The molecule has 0 radical (unpaired) electrons. The molecule has 6 heteroatoms. The smallest absolute Gasteiger partial charge is 0.410 e. The third kappa shape index (κ3) is 4.15. The first-order chi connectivity index (χ1) is 9.33. The number of ether oxygens (including phenoxy) is 2. The molecule has 1 aliphatic heterocycles. The summed E-state index contributed by atoms with van der Waals surface area (Å²) in [6.07, 6.45) is 5.11. The summed E-state index contributed by atoms with van der Waals surface area (Å²) in [7, 11) is 1.85. The molecule has 1 aliphatic rings. The number of nitrogens with zero attached hydrogens (tertiary/aromatic N) is 3. The molecule has 0 N–H and O–H groups in total. The first kappa shape index (κ1) is 14.7. The van der Waals surface area contributed by atoms with Gasteiger partial charge in [-0.15, -0.1) is 0 Å². The second-order valence-electron chi connectivity index (χ2n) is 6.16. The number of carbonyl (C=O) groups excluding carboxylic acids is 1. The number of piperidine rings is 1. The van der Waals surface area contributed by atoms with E-state index in [0.29, 0.717) is 6.54 Å². The van der Waals surface area contributed by atoms with Crippen molar-refractivity contribution in [2.75, 3.05) is 13.1 Å². The van der Waals surface area contributed by atoms with Crippen molar-refractivity contribution in [1.82, 2.24) is 14.7 Å². The number of amides is 1. The highest BCUT2D eigenvalue weighted by atomic mass is 16.6. The molecule has 1 saturated heterocycles. The Kier molecular flexibility index (Phi) is 4.20. The van der Waals surface area contributed by atoms with Gasteiger partial charge in [0.05, 0.1) is 18.9 Å². The summed E-state index contributed by atoms with van der Waals surface area (Å²) in [5, 5.41) is 4.07. The first-order valence-corrected chi connectivity index (χ1v) is 6.97. The number of hydrogen-bond acceptors (Lipinski definition) is 4. The molecule has 1 fully saturated rings. The van der Waals surface area contributed by atoms with E-state index in [0.717, 1.165) is 25.1 Å². The highest BCUT2D eigenvalue weighted by Crippen LogP contribution is 2.19. The van der Waals surface area contributed by atoms with E-state index < -0.39 is 5.60 Å². The van der Waals surface area contributed by atoms with Crippen LogP contribution in [0.1, 0.15) is 33.6 Å². The quantitative estimate of drug-likeness (QED) is 0.834. The summed E-state index contributed by atoms with van der Waals surface area (Å²) >= 11 is 0. The van der Waals surface area contributed by atoms with E-state index in [1.165, 1.54) is 0 Å². The average Bonchev–Trinajstić information content (AvgIpc) is 2.73. The van der Waals surface area contributed by atoms with Crippen molar-refractivity contribution in [2.45, 2.75) is 45.3 Å². The van der Waals surface area contributed by atoms with Gasteiger partial charge < -0.3 is 14.4 Å². The van der Waals surface area contributed by atoms with E-state index in [1.54, 1.807) is 15.8 Å². The third-order valence-corrected chi connectivity index (χ3v) is 3.01. The van der Waals surface area contributed by atoms with Gasteiger partial charge in [0.15, 0.2) is 5.75 Å². The van der Waals surface area contributed by atoms with Crippen LogP contribution in [0.3, 0.4) is 0 Å². The number of hydrogen-bond donors (Lipinski definition) is 0. The predicted octanol–water partition coefficient (Wildman–Crippen LogP) is 2.20. The molecule has 112 valence electrons. The van der Waals surface area contributed by atoms with Crippen LogP contribution in [0, 0.1) is 0 Å². The zero-order valence-corrected chi connectivity index (χ0v) is 12.6. The van der Waals surface area contributed by atoms with Crippen molar-refractivity contribution in [1.29, 1.82) is 0 Å². The van der Waals surface area contributed by atoms with Crippen LogP contribution < -0.4 is 4.74 Å². The van der Waals surface area contributed by atoms with E-state index in [-0.39, 0.29) is 12.2 Å². The summed E-state index contributed by atoms with van der Waals surface area (Å²) in [6.45, 7) is 6.90. The normalized spacial score (nSPS) is 19.8. The minimum Gasteiger partial charge on any atom is -0.485 e. The second-order valence-corrected chi connectivity index (χ2v) is 6.16. The van der Waals surface area contributed by atoms with Crippen LogP contribution >= 0.6 is 0 Å². The van der Waals surface area contributed by atoms with Gasteiger partial charge in [-0.1, -0.05) is 0 Å². The Balaban J connectivity index is 1.90. The fourth-order valence-electron chi connectivity index (χ4n) is 2.18. The van der Waals surface area contributed by atoms with Crippen molar-refractivity contribution in [3.63, 3.8) is 0 Å². The summed E-state index contributed by atoms with van der Waals surface area (Å²) in [5.74, 6) is 0.739. The van der Waals surface area contributed by atoms with Crippen LogP contribution in [0.15, 0.2) is 12.4 Å². The number of likely N-dealkylation sites (tertiary alicyclic amines) is 1. The van der Waals surface area contributed by atoms with Crippen LogP contribution in [-0.4, -0.2) is 45.6 Å². The largest absolute Gasteiger partial charge is 0.485 e. The molecule has 0 spiro atoms. The molecule has 2 heterocycles. The standard InChI is InChI=1S/C14H23N3O3/c1-14(2,3)20-13(18)17-7-5-6-11(10-17)19-12-8-15-16(4)9-12/h8-9,11H,5-7,10H2,1-4H3/t11-/m1/s1. The Labute approximate surface area is 119 Å². The van der Waals surface area contributed by atoms with Crippen molar-refractivity contribution < 1.29 is 14.3 Å². The van der Waals surface area contributed by atoms with Crippen LogP contribution in [0.2, 0.25) is 0 Å². The maximum absolute atomic E-state index is 12.0. The highest BCUT2D eigenvalue weighted by Gasteiger charge is 2.28. The van der Waals surface area contributed by atoms with Gasteiger partial charge in [0.1, 0.15) is 11.7 Å². The molecule has 1 aromatic heterocycles. The molecular formula is C14H23N3O3. The van der Waals surface area contributed by atoms with Crippen LogP contribution in [0.5, 0.6) is 5.75 Å². The SMILES string of the molecule is Cn1cc(O[C@@H]2CCCN(C(=O)OC(C)(C)C)C2)cn1. The minimum absolute atomic E-state index is 0.000434. The highest BCUT2D eigenvalue weighted by molar-refractivity contribution is 5.68. The van der Waals surface area contributed by atoms with Crippen molar-refractivity contribution in [3.8, 4) is 5.75 Å². The Bertz CT molecular complexity index is 464. The lowest BCUT2D eigenvalue weighted by molar-refractivity contribution is 0.00775. The summed E-state index contributed by atoms with van der Waals surface area (Å²) in [5.41, 5.74) is -0.464. The Morgan fingerprint density at radius 3 is 2.80 bits per heavy atom. The number of carbonyl (C=O) groups is 1. The Morgan fingerprint density at radius 2 is 2.20 bits per heavy atom. The number of rotatable bonds is 2. The molecule has 0 unspecified atom stereocenters. The van der Waals surface area contributed by atoms with Gasteiger partial charge in [-0.25, -0.2) is 4.79 Å². The lowest BCUT2D eigenvalue weighted by atomic mass is 10.1. The molecule has 0 bridgehead atoms. The molecule has 1 aromatic rings. The maximum atomic E-state index is 12.0. The van der Waals surface area contributed by atoms with Gasteiger partial charge in [0.2, 0.25) is 0 Å². The van der Waals surface area contributed by atoms with Crippen LogP contribution in [0.25, 0.3) is 0 Å². The molecule has 1 atom stereocenters. The monoisotopic (exact) mass is 281 g/mol. The summed E-state index contributed by atoms with van der Waals surface area (Å²) in [4.78, 5) is 13.8. The molecule has 2 rings (SSSR count). The zero-order valence-electron chi connectivity index (χ0n) is 12.6.